The summed E-state index contributed by atoms with van der Waals surface area (Å²) in [6, 6.07) is 8.01. The van der Waals surface area contributed by atoms with Gasteiger partial charge in [-0.2, -0.15) is 10.2 Å². The highest BCUT2D eigenvalue weighted by atomic mass is 35.5. The minimum absolute atomic E-state index is 0. The number of H-pyrrole nitrogens is 1. The molecule has 0 spiro atoms. The Kier molecular flexibility index (Phi) is 5.46. The van der Waals surface area contributed by atoms with Gasteiger partial charge in [-0.25, -0.2) is 5.43 Å². The molecule has 1 aromatic carbocycles. The first-order chi connectivity index (χ1) is 11.1. The van der Waals surface area contributed by atoms with E-state index in [4.69, 9.17) is 15.9 Å². The first-order valence-electron chi connectivity index (χ1n) is 7.44. The second-order valence-corrected chi connectivity index (χ2v) is 5.59. The number of aromatic amines is 1. The van der Waals surface area contributed by atoms with Crippen molar-refractivity contribution in [3.05, 3.63) is 46.8 Å². The zero-order valence-electron chi connectivity index (χ0n) is 13.6. The summed E-state index contributed by atoms with van der Waals surface area (Å²) in [5, 5.41) is 19.0. The van der Waals surface area contributed by atoms with E-state index in [1.54, 1.807) is 7.11 Å². The van der Waals surface area contributed by atoms with E-state index in [9.17, 15) is 0 Å². The second kappa shape index (κ2) is 7.35. The summed E-state index contributed by atoms with van der Waals surface area (Å²) >= 11 is 0. The van der Waals surface area contributed by atoms with Gasteiger partial charge in [0, 0.05) is 11.3 Å². The van der Waals surface area contributed by atoms with Gasteiger partial charge in [0.1, 0.15) is 5.75 Å². The summed E-state index contributed by atoms with van der Waals surface area (Å²) in [5.41, 5.74) is 12.9. The zero-order valence-corrected chi connectivity index (χ0v) is 14.4. The van der Waals surface area contributed by atoms with E-state index in [0.29, 0.717) is 0 Å². The number of ether oxygens (including phenoxy) is 1. The molecule has 1 aliphatic rings. The number of benzene rings is 1. The number of halogens is 1. The number of rotatable bonds is 3. The van der Waals surface area contributed by atoms with Crippen LogP contribution < -0.4 is 15.9 Å². The fourth-order valence-corrected chi connectivity index (χ4v) is 3.12. The van der Waals surface area contributed by atoms with Crippen LogP contribution in [0.3, 0.4) is 0 Å². The van der Waals surface area contributed by atoms with Crippen LogP contribution in [0.2, 0.25) is 0 Å². The van der Waals surface area contributed by atoms with Gasteiger partial charge in [-0.05, 0) is 37.3 Å². The minimum atomic E-state index is -0.181. The summed E-state index contributed by atoms with van der Waals surface area (Å²) in [7, 11) is 1.68. The lowest BCUT2D eigenvalue weighted by molar-refractivity contribution is 0.405. The maximum atomic E-state index is 7.31. The Hall–Kier alpha value is -2.54. The number of para-hydroxylation sites is 1. The SMILES string of the molecule is COc1ccccc1C1C/C(=N/NC(=N)N)c2c(C)n[nH]c2C1.Cl. The topological polar surface area (TPSA) is 112 Å². The molecule has 8 heteroatoms. The van der Waals surface area contributed by atoms with Crippen LogP contribution in [0.15, 0.2) is 29.4 Å². The van der Waals surface area contributed by atoms with Crippen molar-refractivity contribution in [3.8, 4) is 5.75 Å². The highest BCUT2D eigenvalue weighted by molar-refractivity contribution is 6.04. The highest BCUT2D eigenvalue weighted by Crippen LogP contribution is 2.37. The second-order valence-electron chi connectivity index (χ2n) is 5.59. The molecule has 1 heterocycles. The smallest absolute Gasteiger partial charge is 0.206 e. The van der Waals surface area contributed by atoms with E-state index in [0.717, 1.165) is 46.8 Å². The normalized spacial score (nSPS) is 17.8. The van der Waals surface area contributed by atoms with Crippen LogP contribution in [0, 0.1) is 12.3 Å². The van der Waals surface area contributed by atoms with Crippen molar-refractivity contribution < 1.29 is 4.74 Å². The molecule has 1 atom stereocenters. The molecule has 3 rings (SSSR count). The van der Waals surface area contributed by atoms with Gasteiger partial charge < -0.3 is 10.5 Å². The van der Waals surface area contributed by atoms with Gasteiger partial charge in [0.05, 0.1) is 18.5 Å². The van der Waals surface area contributed by atoms with E-state index in [2.05, 4.69) is 26.8 Å². The Morgan fingerprint density at radius 3 is 2.88 bits per heavy atom. The molecule has 0 fully saturated rings. The van der Waals surface area contributed by atoms with Gasteiger partial charge in [0.15, 0.2) is 0 Å². The molecule has 7 nitrogen and oxygen atoms in total. The fourth-order valence-electron chi connectivity index (χ4n) is 3.12. The van der Waals surface area contributed by atoms with E-state index >= 15 is 0 Å². The van der Waals surface area contributed by atoms with Crippen molar-refractivity contribution in [1.29, 1.82) is 5.41 Å². The third-order valence-corrected chi connectivity index (χ3v) is 4.09. The van der Waals surface area contributed by atoms with Gasteiger partial charge in [0.25, 0.3) is 0 Å². The molecule has 0 radical (unpaired) electrons. The molecular formula is C16H21ClN6O. The fraction of sp³-hybridized carbons (Fsp3) is 0.312. The number of hydrogen-bond acceptors (Lipinski definition) is 4. The molecule has 1 aliphatic carbocycles. The molecule has 1 aromatic heterocycles. The maximum Gasteiger partial charge on any atom is 0.206 e. The van der Waals surface area contributed by atoms with Crippen LogP contribution in [0.5, 0.6) is 5.75 Å². The van der Waals surface area contributed by atoms with Crippen LogP contribution in [-0.4, -0.2) is 29.0 Å². The molecule has 1 unspecified atom stereocenters. The summed E-state index contributed by atoms with van der Waals surface area (Å²) < 4.78 is 5.49. The molecule has 2 aromatic rings. The lowest BCUT2D eigenvalue weighted by Gasteiger charge is -2.25. The highest BCUT2D eigenvalue weighted by Gasteiger charge is 2.29. The van der Waals surface area contributed by atoms with Crippen molar-refractivity contribution in [2.75, 3.05) is 7.11 Å². The Balaban J connectivity index is 0.00000208. The molecule has 128 valence electrons. The van der Waals surface area contributed by atoms with Crippen LogP contribution in [0.4, 0.5) is 0 Å². The van der Waals surface area contributed by atoms with Crippen molar-refractivity contribution in [2.24, 2.45) is 10.8 Å². The van der Waals surface area contributed by atoms with Gasteiger partial charge in [-0.15, -0.1) is 12.4 Å². The third kappa shape index (κ3) is 3.35. The number of fused-ring (bicyclic) bond motifs is 1. The van der Waals surface area contributed by atoms with E-state index in [1.165, 1.54) is 0 Å². The number of nitrogens with zero attached hydrogens (tertiary/aromatic N) is 2. The Morgan fingerprint density at radius 2 is 2.17 bits per heavy atom. The van der Waals surface area contributed by atoms with Crippen LogP contribution in [-0.2, 0) is 6.42 Å². The number of hydrazone groups is 1. The molecule has 0 saturated carbocycles. The van der Waals surface area contributed by atoms with Crippen molar-refractivity contribution >= 4 is 24.1 Å². The first-order valence-corrected chi connectivity index (χ1v) is 7.44. The number of nitrogens with two attached hydrogens (primary N) is 1. The number of nitrogens with one attached hydrogen (secondary N) is 3. The number of aromatic nitrogens is 2. The average molecular weight is 349 g/mol. The first kappa shape index (κ1) is 17.8. The molecule has 0 amide bonds. The zero-order chi connectivity index (χ0) is 16.4. The quantitative estimate of drug-likeness (QED) is 0.386. The van der Waals surface area contributed by atoms with Crippen molar-refractivity contribution in [1.82, 2.24) is 15.6 Å². The molecule has 0 saturated heterocycles. The van der Waals surface area contributed by atoms with Gasteiger partial charge in [0.2, 0.25) is 5.96 Å². The number of methoxy groups -OCH3 is 1. The number of aryl methyl sites for hydroxylation is 1. The Morgan fingerprint density at radius 1 is 1.42 bits per heavy atom. The standard InChI is InChI=1S/C16H20N6O.ClH/c1-9-15-12(20-19-9)7-10(8-13(15)21-22-16(17)18)11-5-3-4-6-14(11)23-2;/h3-6,10H,7-8H2,1-2H3,(H,19,20)(H4,17,18,22);1H/b21-13-;. The van der Waals surface area contributed by atoms with Crippen molar-refractivity contribution in [3.63, 3.8) is 0 Å². The molecule has 24 heavy (non-hydrogen) atoms. The third-order valence-electron chi connectivity index (χ3n) is 4.09. The molecule has 5 N–H and O–H groups in total. The summed E-state index contributed by atoms with van der Waals surface area (Å²) in [5.74, 6) is 0.918. The van der Waals surface area contributed by atoms with Gasteiger partial charge in [-0.3, -0.25) is 10.5 Å². The largest absolute Gasteiger partial charge is 0.496 e. The van der Waals surface area contributed by atoms with Crippen LogP contribution in [0.25, 0.3) is 0 Å². The van der Waals surface area contributed by atoms with E-state index < -0.39 is 0 Å². The van der Waals surface area contributed by atoms with E-state index in [1.807, 2.05) is 25.1 Å². The molecule has 0 bridgehead atoms. The van der Waals surface area contributed by atoms with Gasteiger partial charge >= 0.3 is 0 Å². The monoisotopic (exact) mass is 348 g/mol. The lowest BCUT2D eigenvalue weighted by Crippen LogP contribution is -2.29. The number of guanidine groups is 1. The summed E-state index contributed by atoms with van der Waals surface area (Å²) in [6.45, 7) is 1.95. The minimum Gasteiger partial charge on any atom is -0.496 e. The predicted octanol–water partition coefficient (Wildman–Crippen LogP) is 2.07. The summed E-state index contributed by atoms with van der Waals surface area (Å²) in [4.78, 5) is 0. The maximum absolute atomic E-state index is 7.31. The lowest BCUT2D eigenvalue weighted by atomic mass is 9.81. The van der Waals surface area contributed by atoms with Crippen LogP contribution >= 0.6 is 12.4 Å². The molecule has 0 aliphatic heterocycles. The Bertz CT molecular complexity index is 770. The van der Waals surface area contributed by atoms with Crippen LogP contribution in [0.1, 0.15) is 34.9 Å². The van der Waals surface area contributed by atoms with Gasteiger partial charge in [-0.1, -0.05) is 18.2 Å². The average Bonchev–Trinajstić information content (AvgIpc) is 2.94. The predicted molar refractivity (Wildman–Crippen MR) is 96.2 cm³/mol. The van der Waals surface area contributed by atoms with E-state index in [-0.39, 0.29) is 24.3 Å². The van der Waals surface area contributed by atoms with Crippen molar-refractivity contribution in [2.45, 2.75) is 25.7 Å². The molecular weight excluding hydrogens is 328 g/mol. The summed E-state index contributed by atoms with van der Waals surface area (Å²) in [6.07, 6.45) is 1.57. The number of hydrogen-bond donors (Lipinski definition) is 4. The Labute approximate surface area is 146 Å².